The zero-order valence-electron chi connectivity index (χ0n) is 11.7. The second-order valence-electron chi connectivity index (χ2n) is 3.82. The Kier molecular flexibility index (Phi) is 8.54. The number of hydrogen-bond donors (Lipinski definition) is 1. The molecule has 0 bridgehead atoms. The van der Waals surface area contributed by atoms with Crippen LogP contribution in [0.25, 0.3) is 0 Å². The molecule has 0 saturated carbocycles. The highest BCUT2D eigenvalue weighted by Crippen LogP contribution is 2.21. The Bertz CT molecular complexity index is 357. The molecule has 0 aliphatic heterocycles. The molecule has 0 radical (unpaired) electrons. The van der Waals surface area contributed by atoms with Crippen LogP contribution in [0, 0.1) is 6.92 Å². The van der Waals surface area contributed by atoms with E-state index in [2.05, 4.69) is 5.32 Å². The molecule has 1 aromatic rings. The molecule has 3 heteroatoms. The number of aldehydes is 1. The van der Waals surface area contributed by atoms with Gasteiger partial charge in [0.05, 0.1) is 5.92 Å². The van der Waals surface area contributed by atoms with E-state index in [4.69, 9.17) is 0 Å². The van der Waals surface area contributed by atoms with Gasteiger partial charge in [-0.05, 0) is 18.9 Å². The summed E-state index contributed by atoms with van der Waals surface area (Å²) in [6.07, 6.45) is 1.82. The molecule has 18 heavy (non-hydrogen) atoms. The van der Waals surface area contributed by atoms with Crippen LogP contribution in [0.5, 0.6) is 0 Å². The van der Waals surface area contributed by atoms with Crippen molar-refractivity contribution in [1.82, 2.24) is 5.32 Å². The van der Waals surface area contributed by atoms with Gasteiger partial charge in [0, 0.05) is 13.5 Å². The lowest BCUT2D eigenvalue weighted by Gasteiger charge is -2.14. The first-order valence-electron chi connectivity index (χ1n) is 6.41. The summed E-state index contributed by atoms with van der Waals surface area (Å²) in [6.45, 7) is 6.00. The van der Waals surface area contributed by atoms with Gasteiger partial charge in [0.2, 0.25) is 5.91 Å². The lowest BCUT2D eigenvalue weighted by atomic mass is 9.93. The van der Waals surface area contributed by atoms with E-state index in [-0.39, 0.29) is 11.8 Å². The van der Waals surface area contributed by atoms with Crippen molar-refractivity contribution >= 4 is 12.2 Å². The van der Waals surface area contributed by atoms with Crippen LogP contribution in [-0.4, -0.2) is 19.2 Å². The summed E-state index contributed by atoms with van der Waals surface area (Å²) in [5.74, 6) is -0.262. The third-order valence-corrected chi connectivity index (χ3v) is 2.62. The van der Waals surface area contributed by atoms with Crippen LogP contribution < -0.4 is 5.32 Å². The van der Waals surface area contributed by atoms with E-state index >= 15 is 0 Å². The summed E-state index contributed by atoms with van der Waals surface area (Å²) in [5, 5.41) is 2.63. The fourth-order valence-corrected chi connectivity index (χ4v) is 1.66. The van der Waals surface area contributed by atoms with Gasteiger partial charge in [-0.2, -0.15) is 0 Å². The van der Waals surface area contributed by atoms with E-state index in [1.807, 2.05) is 45.0 Å². The summed E-state index contributed by atoms with van der Waals surface area (Å²) in [7, 11) is 1.62. The molecular weight excluding hydrogens is 226 g/mol. The second-order valence-corrected chi connectivity index (χ2v) is 3.82. The Morgan fingerprint density at radius 2 is 1.83 bits per heavy atom. The highest BCUT2D eigenvalue weighted by atomic mass is 16.1. The average molecular weight is 249 g/mol. The molecule has 3 nitrogen and oxygen atoms in total. The van der Waals surface area contributed by atoms with E-state index < -0.39 is 0 Å². The van der Waals surface area contributed by atoms with Gasteiger partial charge >= 0.3 is 0 Å². The largest absolute Gasteiger partial charge is 0.359 e. The van der Waals surface area contributed by atoms with Gasteiger partial charge in [0.15, 0.2) is 0 Å². The predicted octanol–water partition coefficient (Wildman–Crippen LogP) is 2.83. The number of likely N-dealkylation sites (N-methyl/N-ethyl adjacent to an activating group) is 1. The van der Waals surface area contributed by atoms with Gasteiger partial charge in [-0.25, -0.2) is 0 Å². The van der Waals surface area contributed by atoms with Crippen molar-refractivity contribution in [3.05, 3.63) is 35.4 Å². The van der Waals surface area contributed by atoms with Crippen LogP contribution in [0.2, 0.25) is 0 Å². The van der Waals surface area contributed by atoms with Crippen LogP contribution >= 0.6 is 0 Å². The summed E-state index contributed by atoms with van der Waals surface area (Å²) >= 11 is 0. The van der Waals surface area contributed by atoms with Gasteiger partial charge < -0.3 is 10.1 Å². The number of rotatable bonds is 5. The number of carbonyl (C=O) groups is 2. The predicted molar refractivity (Wildman–Crippen MR) is 74.6 cm³/mol. The molecule has 1 N–H and O–H groups in total. The number of carbonyl (C=O) groups excluding carboxylic acids is 2. The zero-order valence-corrected chi connectivity index (χ0v) is 11.7. The van der Waals surface area contributed by atoms with Crippen molar-refractivity contribution in [2.45, 2.75) is 39.5 Å². The molecule has 100 valence electrons. The number of aryl methyl sites for hydroxylation is 1. The summed E-state index contributed by atoms with van der Waals surface area (Å²) in [4.78, 5) is 22.1. The van der Waals surface area contributed by atoms with Crippen molar-refractivity contribution in [3.63, 3.8) is 0 Å². The minimum Gasteiger partial charge on any atom is -0.359 e. The number of hydrogen-bond acceptors (Lipinski definition) is 2. The first-order chi connectivity index (χ1) is 8.69. The average Bonchev–Trinajstić information content (AvgIpc) is 2.43. The molecule has 0 aliphatic rings. The maximum Gasteiger partial charge on any atom is 0.227 e. The number of amides is 1. The highest BCUT2D eigenvalue weighted by Gasteiger charge is 2.18. The summed E-state index contributed by atoms with van der Waals surface area (Å²) < 4.78 is 0. The Labute approximate surface area is 110 Å². The van der Waals surface area contributed by atoms with Gasteiger partial charge in [-0.1, -0.05) is 43.7 Å². The third kappa shape index (κ3) is 5.13. The maximum atomic E-state index is 11.7. The van der Waals surface area contributed by atoms with Crippen LogP contribution in [0.3, 0.4) is 0 Å². The third-order valence-electron chi connectivity index (χ3n) is 2.62. The molecule has 0 heterocycles. The number of benzene rings is 1. The highest BCUT2D eigenvalue weighted by molar-refractivity contribution is 5.83. The number of nitrogens with one attached hydrogen (secondary N) is 1. The van der Waals surface area contributed by atoms with Crippen molar-refractivity contribution < 1.29 is 9.59 Å². The van der Waals surface area contributed by atoms with Gasteiger partial charge in [0.25, 0.3) is 0 Å². The molecule has 0 fully saturated rings. The summed E-state index contributed by atoms with van der Waals surface area (Å²) in [6, 6.07) is 7.85. The Hall–Kier alpha value is -1.64. The van der Waals surface area contributed by atoms with E-state index in [0.29, 0.717) is 12.8 Å². The van der Waals surface area contributed by atoms with Crippen LogP contribution in [-0.2, 0) is 9.59 Å². The van der Waals surface area contributed by atoms with E-state index in [0.717, 1.165) is 17.4 Å². The monoisotopic (exact) mass is 249 g/mol. The SMILES string of the molecule is CC.CNC(=O)C(CCC=O)c1ccc(C)cc1. The molecule has 0 aromatic heterocycles. The maximum absolute atomic E-state index is 11.7. The quantitative estimate of drug-likeness (QED) is 0.816. The molecule has 0 aliphatic carbocycles. The van der Waals surface area contributed by atoms with Crippen molar-refractivity contribution in [2.24, 2.45) is 0 Å². The molecule has 1 amide bonds. The molecule has 1 unspecified atom stereocenters. The van der Waals surface area contributed by atoms with Crippen LogP contribution in [0.1, 0.15) is 43.7 Å². The van der Waals surface area contributed by atoms with Gasteiger partial charge in [-0.15, -0.1) is 0 Å². The minimum atomic E-state index is -0.226. The lowest BCUT2D eigenvalue weighted by molar-refractivity contribution is -0.122. The smallest absolute Gasteiger partial charge is 0.227 e. The molecule has 1 aromatic carbocycles. The topological polar surface area (TPSA) is 46.2 Å². The van der Waals surface area contributed by atoms with Crippen molar-refractivity contribution in [2.75, 3.05) is 7.05 Å². The molecule has 1 atom stereocenters. The summed E-state index contributed by atoms with van der Waals surface area (Å²) in [5.41, 5.74) is 2.13. The molecule has 0 saturated heterocycles. The first kappa shape index (κ1) is 16.4. The first-order valence-corrected chi connectivity index (χ1v) is 6.41. The fourth-order valence-electron chi connectivity index (χ4n) is 1.66. The lowest BCUT2D eigenvalue weighted by Crippen LogP contribution is -2.25. The van der Waals surface area contributed by atoms with E-state index in [1.54, 1.807) is 7.05 Å². The standard InChI is InChI=1S/C13H17NO2.C2H6/c1-10-5-7-11(8-6-10)12(4-3-9-15)13(16)14-2;1-2/h5-9,12H,3-4H2,1-2H3,(H,14,16);1-2H3. The van der Waals surface area contributed by atoms with Crippen molar-refractivity contribution in [1.29, 1.82) is 0 Å². The Balaban J connectivity index is 0.00000137. The zero-order chi connectivity index (χ0) is 14.0. The van der Waals surface area contributed by atoms with Crippen molar-refractivity contribution in [3.8, 4) is 0 Å². The normalized spacial score (nSPS) is 10.9. The van der Waals surface area contributed by atoms with Gasteiger partial charge in [-0.3, -0.25) is 4.79 Å². The van der Waals surface area contributed by atoms with Crippen LogP contribution in [0.4, 0.5) is 0 Å². The van der Waals surface area contributed by atoms with E-state index in [1.165, 1.54) is 0 Å². The Morgan fingerprint density at radius 1 is 1.28 bits per heavy atom. The molecule has 1 rings (SSSR count). The molecular formula is C15H23NO2. The minimum absolute atomic E-state index is 0.0364. The Morgan fingerprint density at radius 3 is 2.28 bits per heavy atom. The second kappa shape index (κ2) is 9.40. The van der Waals surface area contributed by atoms with E-state index in [9.17, 15) is 9.59 Å². The van der Waals surface area contributed by atoms with Crippen LogP contribution in [0.15, 0.2) is 24.3 Å². The van der Waals surface area contributed by atoms with Gasteiger partial charge in [0.1, 0.15) is 6.29 Å². The molecule has 0 spiro atoms. The fraction of sp³-hybridized carbons (Fsp3) is 0.467.